The topological polar surface area (TPSA) is 55.9 Å². The Bertz CT molecular complexity index is 489. The average Bonchev–Trinajstić information content (AvgIpc) is 2.69. The van der Waals surface area contributed by atoms with Gasteiger partial charge in [-0.1, -0.05) is 0 Å². The molecule has 2 aliphatic rings. The van der Waals surface area contributed by atoms with E-state index in [0.717, 1.165) is 31.4 Å². The second-order valence-electron chi connectivity index (χ2n) is 8.43. The first kappa shape index (κ1) is 23.5. The zero-order chi connectivity index (χ0) is 20.5. The van der Waals surface area contributed by atoms with Crippen LogP contribution in [0.4, 0.5) is 0 Å². The predicted molar refractivity (Wildman–Crippen MR) is 118 cm³/mol. The standard InChI is InChI=1S/C21H40N4O2S/c1-5-24(21(27)20(10-15-28-4)22-17(2)26)16-18-6-13-25(14-7-18)19-8-11-23(3)12-9-19/h18-20H,5-16H2,1-4H3,(H,22,26)/t20-/m0/s1. The third-order valence-electron chi connectivity index (χ3n) is 6.31. The molecule has 0 radical (unpaired) electrons. The molecule has 162 valence electrons. The van der Waals surface area contributed by atoms with Crippen LogP contribution in [0.15, 0.2) is 0 Å². The number of piperidine rings is 2. The van der Waals surface area contributed by atoms with Gasteiger partial charge in [-0.2, -0.15) is 11.8 Å². The predicted octanol–water partition coefficient (Wildman–Crippen LogP) is 1.90. The molecule has 1 N–H and O–H groups in total. The molecule has 6 nitrogen and oxygen atoms in total. The van der Waals surface area contributed by atoms with E-state index in [2.05, 4.69) is 22.2 Å². The van der Waals surface area contributed by atoms with Crippen LogP contribution in [0.3, 0.4) is 0 Å². The summed E-state index contributed by atoms with van der Waals surface area (Å²) in [5.74, 6) is 1.42. The van der Waals surface area contributed by atoms with Crippen molar-refractivity contribution in [3.05, 3.63) is 0 Å². The largest absolute Gasteiger partial charge is 0.345 e. The molecule has 2 saturated heterocycles. The summed E-state index contributed by atoms with van der Waals surface area (Å²) < 4.78 is 0. The lowest BCUT2D eigenvalue weighted by molar-refractivity contribution is -0.136. The van der Waals surface area contributed by atoms with Gasteiger partial charge in [-0.05, 0) is 90.2 Å². The molecule has 0 aromatic carbocycles. The Morgan fingerprint density at radius 2 is 1.79 bits per heavy atom. The van der Waals surface area contributed by atoms with Gasteiger partial charge in [0.25, 0.3) is 0 Å². The Labute approximate surface area is 175 Å². The number of carbonyl (C=O) groups is 2. The molecular formula is C21H40N4O2S. The summed E-state index contributed by atoms with van der Waals surface area (Å²) in [6, 6.07) is 0.362. The minimum Gasteiger partial charge on any atom is -0.345 e. The zero-order valence-corrected chi connectivity index (χ0v) is 19.1. The third kappa shape index (κ3) is 7.23. The number of nitrogens with one attached hydrogen (secondary N) is 1. The summed E-state index contributed by atoms with van der Waals surface area (Å²) >= 11 is 1.71. The molecule has 28 heavy (non-hydrogen) atoms. The maximum absolute atomic E-state index is 13.0. The summed E-state index contributed by atoms with van der Waals surface area (Å²) in [7, 11) is 2.21. The zero-order valence-electron chi connectivity index (χ0n) is 18.3. The van der Waals surface area contributed by atoms with Gasteiger partial charge in [0, 0.05) is 26.1 Å². The van der Waals surface area contributed by atoms with Gasteiger partial charge in [0.15, 0.2) is 0 Å². The second kappa shape index (κ2) is 12.0. The molecule has 0 aromatic heterocycles. The lowest BCUT2D eigenvalue weighted by Crippen LogP contribution is -2.51. The lowest BCUT2D eigenvalue weighted by atomic mass is 9.93. The summed E-state index contributed by atoms with van der Waals surface area (Å²) in [5, 5.41) is 2.86. The van der Waals surface area contributed by atoms with Crippen molar-refractivity contribution in [2.24, 2.45) is 5.92 Å². The van der Waals surface area contributed by atoms with Crippen molar-refractivity contribution in [2.75, 3.05) is 58.3 Å². The van der Waals surface area contributed by atoms with E-state index in [0.29, 0.717) is 18.9 Å². The van der Waals surface area contributed by atoms with Gasteiger partial charge in [-0.3, -0.25) is 9.59 Å². The molecule has 0 saturated carbocycles. The van der Waals surface area contributed by atoms with Crippen molar-refractivity contribution < 1.29 is 9.59 Å². The van der Waals surface area contributed by atoms with Crippen LogP contribution in [0.25, 0.3) is 0 Å². The first-order chi connectivity index (χ1) is 13.4. The van der Waals surface area contributed by atoms with E-state index in [-0.39, 0.29) is 17.9 Å². The van der Waals surface area contributed by atoms with E-state index in [9.17, 15) is 9.59 Å². The number of amides is 2. The molecule has 1 atom stereocenters. The van der Waals surface area contributed by atoms with Crippen molar-refractivity contribution in [2.45, 2.75) is 58.0 Å². The van der Waals surface area contributed by atoms with Crippen molar-refractivity contribution in [1.82, 2.24) is 20.0 Å². The fraction of sp³-hybridized carbons (Fsp3) is 0.905. The molecule has 2 heterocycles. The maximum atomic E-state index is 13.0. The Morgan fingerprint density at radius 3 is 2.32 bits per heavy atom. The fourth-order valence-electron chi connectivity index (χ4n) is 4.51. The van der Waals surface area contributed by atoms with Crippen LogP contribution >= 0.6 is 11.8 Å². The number of likely N-dealkylation sites (tertiary alicyclic amines) is 2. The quantitative estimate of drug-likeness (QED) is 0.627. The minimum absolute atomic E-state index is 0.0875. The SMILES string of the molecule is CCN(CC1CCN(C2CCN(C)CC2)CC1)C(=O)[C@H](CCSC)NC(C)=O. The summed E-state index contributed by atoms with van der Waals surface area (Å²) in [6.45, 7) is 9.82. The number of hydrogen-bond acceptors (Lipinski definition) is 5. The highest BCUT2D eigenvalue weighted by molar-refractivity contribution is 7.98. The molecule has 2 amide bonds. The Hall–Kier alpha value is -0.790. The summed E-state index contributed by atoms with van der Waals surface area (Å²) in [6.07, 6.45) is 7.65. The van der Waals surface area contributed by atoms with Gasteiger partial charge in [-0.25, -0.2) is 0 Å². The van der Waals surface area contributed by atoms with Crippen LogP contribution in [0.2, 0.25) is 0 Å². The molecule has 0 unspecified atom stereocenters. The number of rotatable bonds is 9. The molecule has 2 rings (SSSR count). The molecular weight excluding hydrogens is 372 g/mol. The number of carbonyl (C=O) groups excluding carboxylic acids is 2. The van der Waals surface area contributed by atoms with Gasteiger partial charge in [0.05, 0.1) is 0 Å². The first-order valence-electron chi connectivity index (χ1n) is 10.9. The van der Waals surface area contributed by atoms with Gasteiger partial charge >= 0.3 is 0 Å². The summed E-state index contributed by atoms with van der Waals surface area (Å²) in [4.78, 5) is 31.6. The summed E-state index contributed by atoms with van der Waals surface area (Å²) in [5.41, 5.74) is 0. The van der Waals surface area contributed by atoms with E-state index < -0.39 is 0 Å². The van der Waals surface area contributed by atoms with Crippen LogP contribution in [-0.4, -0.2) is 96.9 Å². The van der Waals surface area contributed by atoms with Crippen LogP contribution in [0.5, 0.6) is 0 Å². The van der Waals surface area contributed by atoms with Crippen LogP contribution in [-0.2, 0) is 9.59 Å². The van der Waals surface area contributed by atoms with Crippen molar-refractivity contribution in [3.8, 4) is 0 Å². The monoisotopic (exact) mass is 412 g/mol. The first-order valence-corrected chi connectivity index (χ1v) is 12.3. The van der Waals surface area contributed by atoms with E-state index in [4.69, 9.17) is 0 Å². The molecule has 2 aliphatic heterocycles. The highest BCUT2D eigenvalue weighted by Gasteiger charge is 2.30. The van der Waals surface area contributed by atoms with Crippen molar-refractivity contribution in [1.29, 1.82) is 0 Å². The Morgan fingerprint density at radius 1 is 1.14 bits per heavy atom. The number of nitrogens with zero attached hydrogens (tertiary/aromatic N) is 3. The van der Waals surface area contributed by atoms with Crippen molar-refractivity contribution >= 4 is 23.6 Å². The number of thioether (sulfide) groups is 1. The molecule has 0 aromatic rings. The van der Waals surface area contributed by atoms with E-state index in [1.807, 2.05) is 18.1 Å². The molecule has 0 bridgehead atoms. The maximum Gasteiger partial charge on any atom is 0.245 e. The molecule has 0 aliphatic carbocycles. The van der Waals surface area contributed by atoms with Crippen molar-refractivity contribution in [3.63, 3.8) is 0 Å². The normalized spacial score (nSPS) is 21.4. The third-order valence-corrected chi connectivity index (χ3v) is 6.96. The van der Waals surface area contributed by atoms with E-state index in [1.165, 1.54) is 45.7 Å². The molecule has 0 spiro atoms. The van der Waals surface area contributed by atoms with E-state index in [1.54, 1.807) is 11.8 Å². The number of likely N-dealkylation sites (N-methyl/N-ethyl adjacent to an activating group) is 1. The highest BCUT2D eigenvalue weighted by Crippen LogP contribution is 2.24. The lowest BCUT2D eigenvalue weighted by Gasteiger charge is -2.42. The van der Waals surface area contributed by atoms with Crippen LogP contribution < -0.4 is 5.32 Å². The second-order valence-corrected chi connectivity index (χ2v) is 9.41. The average molecular weight is 413 g/mol. The fourth-order valence-corrected chi connectivity index (χ4v) is 4.98. The number of hydrogen-bond donors (Lipinski definition) is 1. The van der Waals surface area contributed by atoms with Gasteiger partial charge in [0.2, 0.25) is 11.8 Å². The van der Waals surface area contributed by atoms with Crippen LogP contribution in [0, 0.1) is 5.92 Å². The highest BCUT2D eigenvalue weighted by atomic mass is 32.2. The Kier molecular flexibility index (Phi) is 10.1. The minimum atomic E-state index is -0.385. The molecule has 7 heteroatoms. The van der Waals surface area contributed by atoms with Gasteiger partial charge < -0.3 is 20.0 Å². The Balaban J connectivity index is 1.83. The van der Waals surface area contributed by atoms with E-state index >= 15 is 0 Å². The van der Waals surface area contributed by atoms with Gasteiger partial charge in [-0.15, -0.1) is 0 Å². The smallest absolute Gasteiger partial charge is 0.245 e. The van der Waals surface area contributed by atoms with Crippen LogP contribution in [0.1, 0.15) is 46.0 Å². The molecule has 2 fully saturated rings. The van der Waals surface area contributed by atoms with Gasteiger partial charge in [0.1, 0.15) is 6.04 Å².